The van der Waals surface area contributed by atoms with Crippen molar-refractivity contribution >= 4 is 23.2 Å². The molecule has 0 fully saturated rings. The molecule has 0 bridgehead atoms. The van der Waals surface area contributed by atoms with Gasteiger partial charge in [0.05, 0.1) is 5.02 Å². The minimum Gasteiger partial charge on any atom is -0.236 e. The van der Waals surface area contributed by atoms with Gasteiger partial charge in [-0.1, -0.05) is 11.6 Å². The topological polar surface area (TPSA) is 30.7 Å². The Morgan fingerprint density at radius 2 is 2.29 bits per heavy atom. The van der Waals surface area contributed by atoms with Crippen molar-refractivity contribution in [3.8, 4) is 5.82 Å². The molecule has 0 unspecified atom stereocenters. The highest BCUT2D eigenvalue weighted by Crippen LogP contribution is 2.18. The number of hydrogen-bond acceptors (Lipinski definition) is 2. The molecule has 0 atom stereocenters. The maximum atomic E-state index is 5.88. The Bertz CT molecular complexity index is 426. The van der Waals surface area contributed by atoms with Gasteiger partial charge in [-0.2, -0.15) is 5.10 Å². The number of halogens is 2. The van der Waals surface area contributed by atoms with E-state index in [0.717, 1.165) is 11.4 Å². The average Bonchev–Trinajstić information content (AvgIpc) is 2.71. The van der Waals surface area contributed by atoms with Crippen molar-refractivity contribution in [2.75, 3.05) is 0 Å². The van der Waals surface area contributed by atoms with Gasteiger partial charge in [-0.05, 0) is 17.7 Å². The summed E-state index contributed by atoms with van der Waals surface area (Å²) >= 11 is 11.6. The van der Waals surface area contributed by atoms with Crippen LogP contribution < -0.4 is 0 Å². The first kappa shape index (κ1) is 9.49. The molecule has 0 aliphatic carbocycles. The van der Waals surface area contributed by atoms with E-state index >= 15 is 0 Å². The summed E-state index contributed by atoms with van der Waals surface area (Å²) in [6.45, 7) is 0. The van der Waals surface area contributed by atoms with Crippen LogP contribution in [0.15, 0.2) is 30.7 Å². The van der Waals surface area contributed by atoms with E-state index in [4.69, 9.17) is 23.2 Å². The number of nitrogens with zero attached hydrogens (tertiary/aromatic N) is 3. The third-order valence-electron chi connectivity index (χ3n) is 1.80. The van der Waals surface area contributed by atoms with Crippen LogP contribution in [0, 0.1) is 0 Å². The van der Waals surface area contributed by atoms with Crippen molar-refractivity contribution in [2.24, 2.45) is 0 Å². The van der Waals surface area contributed by atoms with Gasteiger partial charge >= 0.3 is 0 Å². The first-order valence-electron chi connectivity index (χ1n) is 4.01. The van der Waals surface area contributed by atoms with Crippen LogP contribution >= 0.6 is 23.2 Å². The molecule has 0 aromatic carbocycles. The van der Waals surface area contributed by atoms with Crippen molar-refractivity contribution in [3.63, 3.8) is 0 Å². The van der Waals surface area contributed by atoms with Crippen LogP contribution in [0.5, 0.6) is 0 Å². The maximum Gasteiger partial charge on any atom is 0.153 e. The molecule has 0 saturated heterocycles. The van der Waals surface area contributed by atoms with Crippen molar-refractivity contribution in [2.45, 2.75) is 5.88 Å². The molecule has 72 valence electrons. The van der Waals surface area contributed by atoms with Gasteiger partial charge in [0.15, 0.2) is 5.82 Å². The third kappa shape index (κ3) is 1.74. The molecule has 0 spiro atoms. The molecule has 0 aliphatic rings. The molecule has 14 heavy (non-hydrogen) atoms. The van der Waals surface area contributed by atoms with E-state index in [2.05, 4.69) is 10.1 Å². The molecule has 5 heteroatoms. The lowest BCUT2D eigenvalue weighted by Crippen LogP contribution is -1.98. The van der Waals surface area contributed by atoms with Gasteiger partial charge in [0.1, 0.15) is 0 Å². The van der Waals surface area contributed by atoms with Crippen LogP contribution in [0.2, 0.25) is 5.02 Å². The summed E-state index contributed by atoms with van der Waals surface area (Å²) in [6.07, 6.45) is 5.08. The van der Waals surface area contributed by atoms with E-state index in [1.165, 1.54) is 0 Å². The summed E-state index contributed by atoms with van der Waals surface area (Å²) in [4.78, 5) is 4.14. The zero-order valence-corrected chi connectivity index (χ0v) is 8.70. The Balaban J connectivity index is 2.46. The first-order valence-corrected chi connectivity index (χ1v) is 4.93. The quantitative estimate of drug-likeness (QED) is 0.739. The number of aromatic nitrogens is 3. The second kappa shape index (κ2) is 3.98. The Kier molecular flexibility index (Phi) is 2.70. The maximum absolute atomic E-state index is 5.88. The molecule has 2 rings (SSSR count). The summed E-state index contributed by atoms with van der Waals surface area (Å²) in [6, 6.07) is 3.65. The minimum absolute atomic E-state index is 0.371. The van der Waals surface area contributed by atoms with Gasteiger partial charge in [-0.15, -0.1) is 11.6 Å². The molecule has 2 aromatic rings. The van der Waals surface area contributed by atoms with Crippen LogP contribution in [0.1, 0.15) is 5.56 Å². The minimum atomic E-state index is 0.371. The fraction of sp³-hybridized carbons (Fsp3) is 0.111. The van der Waals surface area contributed by atoms with Crippen LogP contribution in [-0.4, -0.2) is 14.8 Å². The van der Waals surface area contributed by atoms with E-state index in [-0.39, 0.29) is 0 Å². The third-order valence-corrected chi connectivity index (χ3v) is 2.43. The largest absolute Gasteiger partial charge is 0.236 e. The lowest BCUT2D eigenvalue weighted by molar-refractivity contribution is 0.844. The molecular weight excluding hydrogens is 221 g/mol. The van der Waals surface area contributed by atoms with Crippen molar-refractivity contribution < 1.29 is 0 Å². The summed E-state index contributed by atoms with van der Waals surface area (Å²) < 4.78 is 1.66. The van der Waals surface area contributed by atoms with Crippen molar-refractivity contribution in [1.82, 2.24) is 14.8 Å². The smallest absolute Gasteiger partial charge is 0.153 e. The van der Waals surface area contributed by atoms with E-state index in [1.54, 1.807) is 17.1 Å². The van der Waals surface area contributed by atoms with Crippen molar-refractivity contribution in [1.29, 1.82) is 0 Å². The van der Waals surface area contributed by atoms with Gasteiger partial charge in [0.2, 0.25) is 0 Å². The number of hydrogen-bond donors (Lipinski definition) is 0. The molecule has 0 saturated carbocycles. The molecule has 0 aliphatic heterocycles. The Hall–Kier alpha value is -1.06. The fourth-order valence-electron chi connectivity index (χ4n) is 1.10. The number of pyridine rings is 1. The second-order valence-electron chi connectivity index (χ2n) is 2.72. The van der Waals surface area contributed by atoms with Gasteiger partial charge in [0.25, 0.3) is 0 Å². The predicted octanol–water partition coefficient (Wildman–Crippen LogP) is 2.66. The summed E-state index contributed by atoms with van der Waals surface area (Å²) in [5.74, 6) is 1.09. The van der Waals surface area contributed by atoms with Gasteiger partial charge < -0.3 is 0 Å². The monoisotopic (exact) mass is 227 g/mol. The Labute approximate surface area is 91.3 Å². The van der Waals surface area contributed by atoms with Crippen LogP contribution in [0.25, 0.3) is 5.82 Å². The van der Waals surface area contributed by atoms with Crippen molar-refractivity contribution in [3.05, 3.63) is 41.3 Å². The van der Waals surface area contributed by atoms with Crippen LogP contribution in [-0.2, 0) is 5.88 Å². The molecule has 2 aromatic heterocycles. The molecule has 0 amide bonds. The Morgan fingerprint density at radius 3 is 2.93 bits per heavy atom. The lowest BCUT2D eigenvalue weighted by atomic mass is 10.3. The van der Waals surface area contributed by atoms with Crippen LogP contribution in [0.3, 0.4) is 0 Å². The highest BCUT2D eigenvalue weighted by molar-refractivity contribution is 6.32. The summed E-state index contributed by atoms with van der Waals surface area (Å²) in [7, 11) is 0. The average molecular weight is 228 g/mol. The predicted molar refractivity (Wildman–Crippen MR) is 55.9 cm³/mol. The SMILES string of the molecule is ClCc1cc(-n2cccn2)ncc1Cl. The lowest BCUT2D eigenvalue weighted by Gasteiger charge is -2.03. The Morgan fingerprint density at radius 1 is 1.43 bits per heavy atom. The van der Waals surface area contributed by atoms with E-state index in [0.29, 0.717) is 10.9 Å². The molecule has 0 radical (unpaired) electrons. The summed E-state index contributed by atoms with van der Waals surface area (Å²) in [5, 5.41) is 4.64. The van der Waals surface area contributed by atoms with Gasteiger partial charge in [-0.3, -0.25) is 0 Å². The summed E-state index contributed by atoms with van der Waals surface area (Å²) in [5.41, 5.74) is 0.855. The van der Waals surface area contributed by atoms with E-state index < -0.39 is 0 Å². The molecule has 0 N–H and O–H groups in total. The number of alkyl halides is 1. The van der Waals surface area contributed by atoms with Gasteiger partial charge in [0, 0.05) is 24.5 Å². The van der Waals surface area contributed by atoms with Crippen LogP contribution in [0.4, 0.5) is 0 Å². The highest BCUT2D eigenvalue weighted by Gasteiger charge is 2.03. The second-order valence-corrected chi connectivity index (χ2v) is 3.39. The highest BCUT2D eigenvalue weighted by atomic mass is 35.5. The zero-order valence-electron chi connectivity index (χ0n) is 7.19. The first-order chi connectivity index (χ1) is 6.81. The standard InChI is InChI=1S/C9H7Cl2N3/c10-5-7-4-9(12-6-8(7)11)14-3-1-2-13-14/h1-4,6H,5H2. The van der Waals surface area contributed by atoms with E-state index in [9.17, 15) is 0 Å². The molecule has 2 heterocycles. The zero-order chi connectivity index (χ0) is 9.97. The van der Waals surface area contributed by atoms with Gasteiger partial charge in [-0.25, -0.2) is 9.67 Å². The van der Waals surface area contributed by atoms with E-state index in [1.807, 2.05) is 18.3 Å². The number of rotatable bonds is 2. The fourth-order valence-corrected chi connectivity index (χ4v) is 1.56. The molecule has 3 nitrogen and oxygen atoms in total. The normalized spacial score (nSPS) is 10.4. The molecular formula is C9H7Cl2N3.